The molecule has 0 aromatic carbocycles. The van der Waals surface area contributed by atoms with Crippen molar-refractivity contribution in [3.8, 4) is 0 Å². The van der Waals surface area contributed by atoms with Crippen molar-refractivity contribution in [2.24, 2.45) is 5.92 Å². The Morgan fingerprint density at radius 3 is 2.83 bits per heavy atom. The largest absolute Gasteiger partial charge is 0.349 e. The third-order valence-electron chi connectivity index (χ3n) is 4.12. The number of aryl methyl sites for hydroxylation is 1. The van der Waals surface area contributed by atoms with Gasteiger partial charge in [0.2, 0.25) is 0 Å². The van der Waals surface area contributed by atoms with Gasteiger partial charge < -0.3 is 10.3 Å². The lowest BCUT2D eigenvalue weighted by Gasteiger charge is -2.29. The van der Waals surface area contributed by atoms with Gasteiger partial charge in [0.1, 0.15) is 5.82 Å². The van der Waals surface area contributed by atoms with Gasteiger partial charge in [0.25, 0.3) is 0 Å². The monoisotopic (exact) mass is 249 g/mol. The first-order valence-electron chi connectivity index (χ1n) is 7.60. The highest BCUT2D eigenvalue weighted by atomic mass is 14.9. The second-order valence-electron chi connectivity index (χ2n) is 5.60. The van der Waals surface area contributed by atoms with E-state index in [1.807, 2.05) is 12.4 Å². The van der Waals surface area contributed by atoms with Crippen molar-refractivity contribution < 1.29 is 0 Å². The molecule has 1 aromatic heterocycles. The number of nitrogens with one attached hydrogen (secondary N) is 2. The van der Waals surface area contributed by atoms with E-state index in [2.05, 4.69) is 22.2 Å². The summed E-state index contributed by atoms with van der Waals surface area (Å²) in [6.07, 6.45) is 14.4. The number of imidazole rings is 1. The summed E-state index contributed by atoms with van der Waals surface area (Å²) in [6, 6.07) is 0.773. The van der Waals surface area contributed by atoms with Gasteiger partial charge in [-0.2, -0.15) is 0 Å². The molecule has 2 rings (SSSR count). The van der Waals surface area contributed by atoms with E-state index >= 15 is 0 Å². The minimum atomic E-state index is 0.773. The number of aromatic amines is 1. The Morgan fingerprint density at radius 1 is 1.33 bits per heavy atom. The van der Waals surface area contributed by atoms with Crippen LogP contribution in [0.1, 0.15) is 57.7 Å². The molecule has 1 aliphatic rings. The van der Waals surface area contributed by atoms with Gasteiger partial charge >= 0.3 is 0 Å². The van der Waals surface area contributed by atoms with Gasteiger partial charge in [-0.05, 0) is 44.6 Å². The fourth-order valence-corrected chi connectivity index (χ4v) is 3.06. The Kier molecular flexibility index (Phi) is 5.72. The van der Waals surface area contributed by atoms with Gasteiger partial charge in [-0.3, -0.25) is 0 Å². The van der Waals surface area contributed by atoms with Crippen LogP contribution < -0.4 is 5.32 Å². The van der Waals surface area contributed by atoms with E-state index in [0.717, 1.165) is 30.7 Å². The summed E-state index contributed by atoms with van der Waals surface area (Å²) in [6.45, 7) is 3.43. The number of hydrogen-bond donors (Lipinski definition) is 2. The molecule has 0 bridgehead atoms. The highest BCUT2D eigenvalue weighted by Crippen LogP contribution is 2.27. The van der Waals surface area contributed by atoms with E-state index < -0.39 is 0 Å². The minimum absolute atomic E-state index is 0.773. The van der Waals surface area contributed by atoms with Crippen molar-refractivity contribution in [2.45, 2.75) is 64.3 Å². The molecule has 0 saturated heterocycles. The summed E-state index contributed by atoms with van der Waals surface area (Å²) >= 11 is 0. The Morgan fingerprint density at radius 2 is 2.17 bits per heavy atom. The Bertz CT molecular complexity index is 300. The maximum atomic E-state index is 4.25. The van der Waals surface area contributed by atoms with Gasteiger partial charge in [0.05, 0.1) is 0 Å². The zero-order chi connectivity index (χ0) is 12.6. The van der Waals surface area contributed by atoms with Crippen LogP contribution in [-0.2, 0) is 6.42 Å². The van der Waals surface area contributed by atoms with Crippen molar-refractivity contribution in [1.29, 1.82) is 0 Å². The third kappa shape index (κ3) is 4.45. The summed E-state index contributed by atoms with van der Waals surface area (Å²) in [7, 11) is 0. The van der Waals surface area contributed by atoms with Crippen LogP contribution in [0, 0.1) is 5.92 Å². The number of nitrogens with zero attached hydrogens (tertiary/aromatic N) is 1. The molecule has 0 radical (unpaired) electrons. The van der Waals surface area contributed by atoms with Crippen molar-refractivity contribution in [1.82, 2.24) is 15.3 Å². The number of rotatable bonds is 7. The van der Waals surface area contributed by atoms with Gasteiger partial charge in [0.15, 0.2) is 0 Å². The first-order chi connectivity index (χ1) is 8.88. The van der Waals surface area contributed by atoms with E-state index in [0.29, 0.717) is 0 Å². The molecule has 1 heterocycles. The second-order valence-corrected chi connectivity index (χ2v) is 5.60. The first-order valence-corrected chi connectivity index (χ1v) is 7.60. The molecule has 0 spiro atoms. The molecule has 0 unspecified atom stereocenters. The van der Waals surface area contributed by atoms with Crippen LogP contribution >= 0.6 is 0 Å². The molecule has 1 fully saturated rings. The summed E-state index contributed by atoms with van der Waals surface area (Å²) in [5.41, 5.74) is 0. The molecule has 3 nitrogen and oxygen atoms in total. The topological polar surface area (TPSA) is 40.7 Å². The second kappa shape index (κ2) is 7.57. The maximum Gasteiger partial charge on any atom is 0.106 e. The van der Waals surface area contributed by atoms with E-state index in [9.17, 15) is 0 Å². The number of aromatic nitrogens is 2. The molecule has 2 N–H and O–H groups in total. The van der Waals surface area contributed by atoms with E-state index in [4.69, 9.17) is 0 Å². The Balaban J connectivity index is 1.53. The average Bonchev–Trinajstić information content (AvgIpc) is 2.90. The van der Waals surface area contributed by atoms with Crippen LogP contribution in [0.25, 0.3) is 0 Å². The lowest BCUT2D eigenvalue weighted by molar-refractivity contribution is 0.278. The molecule has 102 valence electrons. The predicted molar refractivity (Wildman–Crippen MR) is 75.6 cm³/mol. The minimum Gasteiger partial charge on any atom is -0.349 e. The highest BCUT2D eigenvalue weighted by molar-refractivity contribution is 4.87. The predicted octanol–water partition coefficient (Wildman–Crippen LogP) is 3.29. The first kappa shape index (κ1) is 13.6. The van der Waals surface area contributed by atoms with Crippen LogP contribution in [-0.4, -0.2) is 22.6 Å². The van der Waals surface area contributed by atoms with Crippen molar-refractivity contribution >= 4 is 0 Å². The molecular formula is C15H27N3. The molecule has 0 amide bonds. The highest BCUT2D eigenvalue weighted by Gasteiger charge is 2.19. The molecule has 1 aromatic rings. The molecule has 1 saturated carbocycles. The smallest absolute Gasteiger partial charge is 0.106 e. The van der Waals surface area contributed by atoms with Crippen LogP contribution in [0.15, 0.2) is 12.4 Å². The number of hydrogen-bond acceptors (Lipinski definition) is 2. The molecule has 3 heteroatoms. The maximum absolute atomic E-state index is 4.25. The zero-order valence-electron chi connectivity index (χ0n) is 11.6. The molecule has 0 aliphatic heterocycles. The zero-order valence-corrected chi connectivity index (χ0v) is 11.6. The van der Waals surface area contributed by atoms with Crippen LogP contribution in [0.2, 0.25) is 0 Å². The standard InChI is InChI=1S/C15H27N3/c1-2-4-13-6-8-14(9-7-13)16-10-3-5-15-17-11-12-18-15/h11-14,16H,2-10H2,1H3,(H,17,18). The van der Waals surface area contributed by atoms with Crippen molar-refractivity contribution in [3.05, 3.63) is 18.2 Å². The van der Waals surface area contributed by atoms with E-state index in [1.165, 1.54) is 44.9 Å². The summed E-state index contributed by atoms with van der Waals surface area (Å²) in [5.74, 6) is 2.12. The molecule has 0 atom stereocenters. The molecular weight excluding hydrogens is 222 g/mol. The summed E-state index contributed by atoms with van der Waals surface area (Å²) in [5, 5.41) is 3.71. The Hall–Kier alpha value is -0.830. The SMILES string of the molecule is CCCC1CCC(NCCCc2ncc[nH]2)CC1. The van der Waals surface area contributed by atoms with E-state index in [-0.39, 0.29) is 0 Å². The fourth-order valence-electron chi connectivity index (χ4n) is 3.06. The fraction of sp³-hybridized carbons (Fsp3) is 0.800. The van der Waals surface area contributed by atoms with Gasteiger partial charge in [-0.15, -0.1) is 0 Å². The summed E-state index contributed by atoms with van der Waals surface area (Å²) < 4.78 is 0. The number of H-pyrrole nitrogens is 1. The summed E-state index contributed by atoms with van der Waals surface area (Å²) in [4.78, 5) is 7.40. The van der Waals surface area contributed by atoms with Crippen molar-refractivity contribution in [2.75, 3.05) is 6.54 Å². The van der Waals surface area contributed by atoms with Gasteiger partial charge in [-0.25, -0.2) is 4.98 Å². The lowest BCUT2D eigenvalue weighted by atomic mass is 9.83. The normalized spacial score (nSPS) is 24.3. The average molecular weight is 249 g/mol. The molecule has 1 aliphatic carbocycles. The van der Waals surface area contributed by atoms with Crippen LogP contribution in [0.5, 0.6) is 0 Å². The quantitative estimate of drug-likeness (QED) is 0.728. The lowest BCUT2D eigenvalue weighted by Crippen LogP contribution is -2.34. The third-order valence-corrected chi connectivity index (χ3v) is 4.12. The molecule has 18 heavy (non-hydrogen) atoms. The van der Waals surface area contributed by atoms with Gasteiger partial charge in [0, 0.05) is 24.9 Å². The Labute approximate surface area is 111 Å². The van der Waals surface area contributed by atoms with Crippen LogP contribution in [0.3, 0.4) is 0 Å². The van der Waals surface area contributed by atoms with E-state index in [1.54, 1.807) is 0 Å². The van der Waals surface area contributed by atoms with Gasteiger partial charge in [-0.1, -0.05) is 19.8 Å². The van der Waals surface area contributed by atoms with Crippen LogP contribution in [0.4, 0.5) is 0 Å². The van der Waals surface area contributed by atoms with Crippen molar-refractivity contribution in [3.63, 3.8) is 0 Å².